The number of nitrogens with two attached hydrogens (primary N) is 1. The van der Waals surface area contributed by atoms with Crippen LogP contribution in [0.2, 0.25) is 6.32 Å². The molecule has 1 heterocycles. The van der Waals surface area contributed by atoms with Crippen LogP contribution in [0.4, 0.5) is 0 Å². The molecule has 1 atom stereocenters. The maximum Gasteiger partial charge on any atom is 0.460 e. The Balaban J connectivity index is 2.53. The Labute approximate surface area is 103 Å². The lowest BCUT2D eigenvalue weighted by Crippen LogP contribution is -2.41. The zero-order valence-corrected chi connectivity index (χ0v) is 11.3. The molecular weight excluding hydrogens is 221 g/mol. The minimum absolute atomic E-state index is 0.311. The SMILES string of the molecule is CCOC(=O)C(N)CB1OC(C)(C)C(C)(C)O1. The van der Waals surface area contributed by atoms with Gasteiger partial charge in [-0.15, -0.1) is 0 Å². The molecule has 1 rings (SSSR count). The van der Waals surface area contributed by atoms with Crippen LogP contribution in [0.25, 0.3) is 0 Å². The Hall–Kier alpha value is -0.585. The zero-order chi connectivity index (χ0) is 13.3. The van der Waals surface area contributed by atoms with Crippen LogP contribution >= 0.6 is 0 Å². The van der Waals surface area contributed by atoms with Gasteiger partial charge in [0.05, 0.1) is 17.8 Å². The summed E-state index contributed by atoms with van der Waals surface area (Å²) in [6, 6.07) is -0.704. The summed E-state index contributed by atoms with van der Waals surface area (Å²) in [5.74, 6) is -0.415. The standard InChI is InChI=1S/C11H22BNO4/c1-6-15-9(14)8(13)7-12-16-10(2,3)11(4,5)17-12/h8H,6-7,13H2,1-5H3. The van der Waals surface area contributed by atoms with E-state index in [0.29, 0.717) is 12.9 Å². The van der Waals surface area contributed by atoms with Gasteiger partial charge in [0.1, 0.15) is 6.04 Å². The molecule has 98 valence electrons. The minimum Gasteiger partial charge on any atom is -0.465 e. The van der Waals surface area contributed by atoms with E-state index in [1.54, 1.807) is 6.92 Å². The average Bonchev–Trinajstić information content (AvgIpc) is 2.35. The van der Waals surface area contributed by atoms with Gasteiger partial charge in [-0.2, -0.15) is 0 Å². The molecule has 0 radical (unpaired) electrons. The lowest BCUT2D eigenvalue weighted by atomic mass is 9.81. The van der Waals surface area contributed by atoms with E-state index in [4.69, 9.17) is 19.8 Å². The van der Waals surface area contributed by atoms with Gasteiger partial charge in [-0.25, -0.2) is 0 Å². The highest BCUT2D eigenvalue weighted by Crippen LogP contribution is 2.37. The van der Waals surface area contributed by atoms with Gasteiger partial charge in [0.25, 0.3) is 0 Å². The van der Waals surface area contributed by atoms with Crippen LogP contribution in [0, 0.1) is 0 Å². The maximum atomic E-state index is 11.4. The summed E-state index contributed by atoms with van der Waals surface area (Å²) in [6.45, 7) is 9.92. The van der Waals surface area contributed by atoms with Crippen molar-refractivity contribution in [2.24, 2.45) is 5.73 Å². The minimum atomic E-state index is -0.704. The third-order valence-corrected chi connectivity index (χ3v) is 3.34. The molecule has 0 aliphatic carbocycles. The molecule has 0 aromatic carbocycles. The van der Waals surface area contributed by atoms with Crippen LogP contribution in [0.5, 0.6) is 0 Å². The van der Waals surface area contributed by atoms with E-state index in [2.05, 4.69) is 0 Å². The smallest absolute Gasteiger partial charge is 0.460 e. The fourth-order valence-corrected chi connectivity index (χ4v) is 1.61. The molecule has 1 aliphatic rings. The molecular formula is C11H22BNO4. The molecule has 2 N–H and O–H groups in total. The Morgan fingerprint density at radius 3 is 2.18 bits per heavy atom. The van der Waals surface area contributed by atoms with E-state index in [1.165, 1.54) is 0 Å². The summed E-state index contributed by atoms with van der Waals surface area (Å²) in [5.41, 5.74) is 4.93. The van der Waals surface area contributed by atoms with Crippen LogP contribution in [0.1, 0.15) is 34.6 Å². The molecule has 0 amide bonds. The first-order chi connectivity index (χ1) is 7.69. The number of carbonyl (C=O) groups excluding carboxylic acids is 1. The Kier molecular flexibility index (Phi) is 4.22. The summed E-state index contributed by atoms with van der Waals surface area (Å²) < 4.78 is 16.3. The molecule has 1 aliphatic heterocycles. The molecule has 0 aromatic heterocycles. The summed E-state index contributed by atoms with van der Waals surface area (Å²) >= 11 is 0. The van der Waals surface area contributed by atoms with Gasteiger partial charge in [0.2, 0.25) is 0 Å². The average molecular weight is 243 g/mol. The van der Waals surface area contributed by atoms with Crippen molar-refractivity contribution in [3.8, 4) is 0 Å². The third kappa shape index (κ3) is 3.21. The van der Waals surface area contributed by atoms with Crippen LogP contribution in [0.15, 0.2) is 0 Å². The second-order valence-electron chi connectivity index (χ2n) is 5.28. The summed E-state index contributed by atoms with van der Waals surface area (Å²) in [7, 11) is -0.459. The highest BCUT2D eigenvalue weighted by Gasteiger charge is 2.51. The normalized spacial score (nSPS) is 23.5. The quantitative estimate of drug-likeness (QED) is 0.588. The number of hydrogen-bond donors (Lipinski definition) is 1. The van der Waals surface area contributed by atoms with Crippen molar-refractivity contribution in [2.75, 3.05) is 6.61 Å². The fourth-order valence-electron chi connectivity index (χ4n) is 1.61. The number of rotatable bonds is 4. The zero-order valence-electron chi connectivity index (χ0n) is 11.3. The van der Waals surface area contributed by atoms with E-state index in [9.17, 15) is 4.79 Å². The van der Waals surface area contributed by atoms with Gasteiger partial charge in [0.15, 0.2) is 0 Å². The van der Waals surface area contributed by atoms with Crippen molar-refractivity contribution < 1.29 is 18.8 Å². The van der Waals surface area contributed by atoms with Crippen LogP contribution in [0.3, 0.4) is 0 Å². The number of esters is 1. The predicted octanol–water partition coefficient (Wildman–Crippen LogP) is 0.969. The summed E-state index contributed by atoms with van der Waals surface area (Å²) in [4.78, 5) is 11.4. The molecule has 0 spiro atoms. The Morgan fingerprint density at radius 2 is 1.76 bits per heavy atom. The summed E-state index contributed by atoms with van der Waals surface area (Å²) in [5, 5.41) is 0. The van der Waals surface area contributed by atoms with Gasteiger partial charge in [-0.05, 0) is 34.6 Å². The number of ether oxygens (including phenoxy) is 1. The highest BCUT2D eigenvalue weighted by atomic mass is 16.7. The first kappa shape index (κ1) is 14.5. The largest absolute Gasteiger partial charge is 0.465 e. The Bertz CT molecular complexity index is 277. The molecule has 1 unspecified atom stereocenters. The molecule has 0 bridgehead atoms. The number of hydrogen-bond acceptors (Lipinski definition) is 5. The molecule has 1 fully saturated rings. The first-order valence-electron chi connectivity index (χ1n) is 5.97. The van der Waals surface area contributed by atoms with Crippen molar-refractivity contribution in [3.63, 3.8) is 0 Å². The Morgan fingerprint density at radius 1 is 1.29 bits per heavy atom. The molecule has 17 heavy (non-hydrogen) atoms. The van der Waals surface area contributed by atoms with Gasteiger partial charge in [-0.1, -0.05) is 0 Å². The predicted molar refractivity (Wildman–Crippen MR) is 65.5 cm³/mol. The molecule has 5 nitrogen and oxygen atoms in total. The van der Waals surface area contributed by atoms with Crippen molar-refractivity contribution in [1.82, 2.24) is 0 Å². The van der Waals surface area contributed by atoms with Gasteiger partial charge < -0.3 is 19.8 Å². The lowest BCUT2D eigenvalue weighted by molar-refractivity contribution is -0.144. The third-order valence-electron chi connectivity index (χ3n) is 3.34. The van der Waals surface area contributed by atoms with Crippen LogP contribution in [-0.4, -0.2) is 36.9 Å². The second kappa shape index (κ2) is 4.96. The van der Waals surface area contributed by atoms with E-state index >= 15 is 0 Å². The number of carbonyl (C=O) groups is 1. The van der Waals surface area contributed by atoms with Gasteiger partial charge >= 0.3 is 13.1 Å². The monoisotopic (exact) mass is 243 g/mol. The molecule has 6 heteroatoms. The first-order valence-corrected chi connectivity index (χ1v) is 5.97. The van der Waals surface area contributed by atoms with Crippen LogP contribution < -0.4 is 5.73 Å². The maximum absolute atomic E-state index is 11.4. The van der Waals surface area contributed by atoms with Crippen LogP contribution in [-0.2, 0) is 18.8 Å². The van der Waals surface area contributed by atoms with Crippen molar-refractivity contribution in [3.05, 3.63) is 0 Å². The van der Waals surface area contributed by atoms with E-state index in [0.717, 1.165) is 0 Å². The molecule has 1 saturated heterocycles. The van der Waals surface area contributed by atoms with E-state index in [-0.39, 0.29) is 0 Å². The molecule has 0 saturated carbocycles. The van der Waals surface area contributed by atoms with Crippen molar-refractivity contribution in [1.29, 1.82) is 0 Å². The second-order valence-corrected chi connectivity index (χ2v) is 5.28. The summed E-state index contributed by atoms with van der Waals surface area (Å²) in [6.07, 6.45) is 0.311. The lowest BCUT2D eigenvalue weighted by Gasteiger charge is -2.32. The van der Waals surface area contributed by atoms with Crippen molar-refractivity contribution >= 4 is 13.1 Å². The van der Waals surface area contributed by atoms with Gasteiger partial charge in [0, 0.05) is 6.32 Å². The topological polar surface area (TPSA) is 70.8 Å². The molecule has 0 aromatic rings. The fraction of sp³-hybridized carbons (Fsp3) is 0.909. The van der Waals surface area contributed by atoms with Gasteiger partial charge in [-0.3, -0.25) is 4.79 Å². The van der Waals surface area contributed by atoms with E-state index < -0.39 is 30.3 Å². The highest BCUT2D eigenvalue weighted by molar-refractivity contribution is 6.46. The van der Waals surface area contributed by atoms with E-state index in [1.807, 2.05) is 27.7 Å². The van der Waals surface area contributed by atoms with Crippen molar-refractivity contribution in [2.45, 2.75) is 58.2 Å².